The molecule has 26 heavy (non-hydrogen) atoms. The molecule has 0 spiro atoms. The largest absolute Gasteiger partial charge is 0.497 e. The molecular weight excluding hydrogens is 322 g/mol. The molecule has 0 amide bonds. The van der Waals surface area contributed by atoms with Crippen molar-refractivity contribution in [2.45, 2.75) is 39.2 Å². The molecule has 0 saturated carbocycles. The van der Waals surface area contributed by atoms with E-state index in [0.717, 1.165) is 31.2 Å². The minimum Gasteiger partial charge on any atom is -0.497 e. The van der Waals surface area contributed by atoms with Crippen LogP contribution in [0.5, 0.6) is 5.75 Å². The highest BCUT2D eigenvalue weighted by molar-refractivity contribution is 5.39. The Labute approximate surface area is 158 Å². The summed E-state index contributed by atoms with van der Waals surface area (Å²) in [5.74, 6) is 1.92. The second-order valence-corrected chi connectivity index (χ2v) is 6.82. The fourth-order valence-electron chi connectivity index (χ4n) is 2.98. The van der Waals surface area contributed by atoms with E-state index in [9.17, 15) is 0 Å². The topological polar surface area (TPSA) is 28.6 Å². The third-order valence-corrected chi connectivity index (χ3v) is 4.65. The Hall–Kier alpha value is -2.07. The van der Waals surface area contributed by atoms with Gasteiger partial charge in [0.1, 0.15) is 11.6 Å². The van der Waals surface area contributed by atoms with Crippen molar-refractivity contribution in [3.05, 3.63) is 54.2 Å². The number of pyridine rings is 1. The number of benzene rings is 1. The first-order valence-electron chi connectivity index (χ1n) is 9.70. The number of likely N-dealkylation sites (N-methyl/N-ethyl adjacent to an activating group) is 1. The predicted molar refractivity (Wildman–Crippen MR) is 110 cm³/mol. The number of anilines is 1. The van der Waals surface area contributed by atoms with Crippen LogP contribution in [0.3, 0.4) is 0 Å². The summed E-state index contributed by atoms with van der Waals surface area (Å²) in [5.41, 5.74) is 1.27. The second kappa shape index (κ2) is 11.5. The lowest BCUT2D eigenvalue weighted by Gasteiger charge is -2.27. The standard InChI is InChI=1S/C22H33N3O/c1-4-5-6-9-16-24(2)17-18-25(22-10-7-8-15-23-22)19-20-11-13-21(26-3)14-12-20/h7-8,10-15H,4-6,9,16-19H2,1-3H3. The Balaban J connectivity index is 1.93. The molecule has 0 aliphatic carbocycles. The average Bonchev–Trinajstić information content (AvgIpc) is 2.69. The molecule has 0 saturated heterocycles. The van der Waals surface area contributed by atoms with Crippen LogP contribution in [-0.4, -0.2) is 43.7 Å². The van der Waals surface area contributed by atoms with Crippen molar-refractivity contribution >= 4 is 5.82 Å². The highest BCUT2D eigenvalue weighted by Crippen LogP contribution is 2.17. The third-order valence-electron chi connectivity index (χ3n) is 4.65. The van der Waals surface area contributed by atoms with E-state index < -0.39 is 0 Å². The van der Waals surface area contributed by atoms with Gasteiger partial charge in [-0.15, -0.1) is 0 Å². The highest BCUT2D eigenvalue weighted by atomic mass is 16.5. The zero-order chi connectivity index (χ0) is 18.6. The first-order chi connectivity index (χ1) is 12.7. The average molecular weight is 356 g/mol. The van der Waals surface area contributed by atoms with Gasteiger partial charge in [-0.25, -0.2) is 4.98 Å². The summed E-state index contributed by atoms with van der Waals surface area (Å²) in [4.78, 5) is 9.34. The summed E-state index contributed by atoms with van der Waals surface area (Å²) in [6.45, 7) is 6.28. The van der Waals surface area contributed by atoms with Crippen LogP contribution in [0.2, 0.25) is 0 Å². The molecule has 4 heteroatoms. The van der Waals surface area contributed by atoms with Crippen molar-refractivity contribution in [2.75, 3.05) is 38.7 Å². The molecule has 0 atom stereocenters. The van der Waals surface area contributed by atoms with Crippen molar-refractivity contribution in [3.63, 3.8) is 0 Å². The minimum absolute atomic E-state index is 0.852. The van der Waals surface area contributed by atoms with Crippen LogP contribution in [0.25, 0.3) is 0 Å². The zero-order valence-corrected chi connectivity index (χ0v) is 16.5. The number of hydrogen-bond donors (Lipinski definition) is 0. The van der Waals surface area contributed by atoms with E-state index >= 15 is 0 Å². The molecule has 142 valence electrons. The molecule has 0 aliphatic rings. The van der Waals surface area contributed by atoms with E-state index in [0.29, 0.717) is 0 Å². The Kier molecular flexibility index (Phi) is 8.98. The molecule has 0 unspecified atom stereocenters. The Bertz CT molecular complexity index is 601. The summed E-state index contributed by atoms with van der Waals surface area (Å²) in [6, 6.07) is 14.4. The molecule has 0 bridgehead atoms. The summed E-state index contributed by atoms with van der Waals surface area (Å²) in [5, 5.41) is 0. The van der Waals surface area contributed by atoms with E-state index in [1.807, 2.05) is 24.4 Å². The van der Waals surface area contributed by atoms with Gasteiger partial charge in [-0.3, -0.25) is 0 Å². The molecule has 1 aromatic carbocycles. The van der Waals surface area contributed by atoms with Gasteiger partial charge in [0.15, 0.2) is 0 Å². The fourth-order valence-corrected chi connectivity index (χ4v) is 2.98. The Morgan fingerprint density at radius 2 is 1.73 bits per heavy atom. The number of rotatable bonds is 12. The van der Waals surface area contributed by atoms with Gasteiger partial charge in [0.05, 0.1) is 7.11 Å². The molecule has 1 aromatic heterocycles. The summed E-state index contributed by atoms with van der Waals surface area (Å²) in [7, 11) is 3.92. The van der Waals surface area contributed by atoms with Gasteiger partial charge in [0.2, 0.25) is 0 Å². The van der Waals surface area contributed by atoms with E-state index in [-0.39, 0.29) is 0 Å². The van der Waals surface area contributed by atoms with E-state index in [2.05, 4.69) is 53.0 Å². The van der Waals surface area contributed by atoms with Gasteiger partial charge in [0.25, 0.3) is 0 Å². The van der Waals surface area contributed by atoms with E-state index in [4.69, 9.17) is 4.74 Å². The lowest BCUT2D eigenvalue weighted by molar-refractivity contribution is 0.329. The minimum atomic E-state index is 0.852. The molecule has 4 nitrogen and oxygen atoms in total. The zero-order valence-electron chi connectivity index (χ0n) is 16.5. The first kappa shape index (κ1) is 20.2. The predicted octanol–water partition coefficient (Wildman–Crippen LogP) is 4.61. The maximum Gasteiger partial charge on any atom is 0.128 e. The summed E-state index contributed by atoms with van der Waals surface area (Å²) >= 11 is 0. The van der Waals surface area contributed by atoms with E-state index in [1.54, 1.807) is 7.11 Å². The van der Waals surface area contributed by atoms with Crippen LogP contribution in [0.15, 0.2) is 48.7 Å². The van der Waals surface area contributed by atoms with Gasteiger partial charge in [-0.1, -0.05) is 44.4 Å². The van der Waals surface area contributed by atoms with Gasteiger partial charge in [-0.05, 0) is 49.8 Å². The van der Waals surface area contributed by atoms with Crippen LogP contribution in [0.4, 0.5) is 5.82 Å². The number of nitrogens with zero attached hydrogens (tertiary/aromatic N) is 3. The van der Waals surface area contributed by atoms with Crippen LogP contribution < -0.4 is 9.64 Å². The first-order valence-corrected chi connectivity index (χ1v) is 9.70. The second-order valence-electron chi connectivity index (χ2n) is 6.82. The SMILES string of the molecule is CCCCCCN(C)CCN(Cc1ccc(OC)cc1)c1ccccn1. The van der Waals surface area contributed by atoms with Crippen LogP contribution in [0, 0.1) is 0 Å². The molecule has 0 radical (unpaired) electrons. The number of aromatic nitrogens is 1. The van der Waals surface area contributed by atoms with Crippen LogP contribution in [-0.2, 0) is 6.54 Å². The van der Waals surface area contributed by atoms with Crippen molar-refractivity contribution < 1.29 is 4.74 Å². The molecule has 0 fully saturated rings. The number of ether oxygens (including phenoxy) is 1. The van der Waals surface area contributed by atoms with Gasteiger partial charge < -0.3 is 14.5 Å². The highest BCUT2D eigenvalue weighted by Gasteiger charge is 2.10. The molecular formula is C22H33N3O. The molecule has 2 rings (SSSR count). The third kappa shape index (κ3) is 7.04. The quantitative estimate of drug-likeness (QED) is 0.520. The van der Waals surface area contributed by atoms with Crippen LogP contribution >= 0.6 is 0 Å². The van der Waals surface area contributed by atoms with Crippen molar-refractivity contribution in [2.24, 2.45) is 0 Å². The van der Waals surface area contributed by atoms with Crippen LogP contribution in [0.1, 0.15) is 38.2 Å². The number of hydrogen-bond acceptors (Lipinski definition) is 4. The molecule has 2 aromatic rings. The normalized spacial score (nSPS) is 10.9. The van der Waals surface area contributed by atoms with Crippen molar-refractivity contribution in [1.29, 1.82) is 0 Å². The Morgan fingerprint density at radius 1 is 0.923 bits per heavy atom. The molecule has 0 aliphatic heterocycles. The Morgan fingerprint density at radius 3 is 2.38 bits per heavy atom. The lowest BCUT2D eigenvalue weighted by Crippen LogP contribution is -2.34. The molecule has 0 N–H and O–H groups in total. The number of unbranched alkanes of at least 4 members (excludes halogenated alkanes) is 3. The fraction of sp³-hybridized carbons (Fsp3) is 0.500. The van der Waals surface area contributed by atoms with Gasteiger partial charge in [-0.2, -0.15) is 0 Å². The van der Waals surface area contributed by atoms with E-state index in [1.165, 1.54) is 37.8 Å². The van der Waals surface area contributed by atoms with Crippen molar-refractivity contribution in [1.82, 2.24) is 9.88 Å². The summed E-state index contributed by atoms with van der Waals surface area (Å²) in [6.07, 6.45) is 7.11. The van der Waals surface area contributed by atoms with Gasteiger partial charge in [0, 0.05) is 25.8 Å². The monoisotopic (exact) mass is 355 g/mol. The lowest BCUT2D eigenvalue weighted by atomic mass is 10.2. The summed E-state index contributed by atoms with van der Waals surface area (Å²) < 4.78 is 5.26. The molecule has 1 heterocycles. The van der Waals surface area contributed by atoms with Gasteiger partial charge >= 0.3 is 0 Å². The smallest absolute Gasteiger partial charge is 0.128 e. The van der Waals surface area contributed by atoms with Crippen molar-refractivity contribution in [3.8, 4) is 5.75 Å². The maximum absolute atomic E-state index is 5.26. The number of methoxy groups -OCH3 is 1. The maximum atomic E-state index is 5.26.